The molecule has 0 aromatic carbocycles. The lowest BCUT2D eigenvalue weighted by Crippen LogP contribution is -2.26. The average molecular weight is 182 g/mol. The van der Waals surface area contributed by atoms with Gasteiger partial charge in [-0.15, -0.1) is 0 Å². The summed E-state index contributed by atoms with van der Waals surface area (Å²) < 4.78 is 0. The molecule has 1 rings (SSSR count). The smallest absolute Gasteiger partial charge is 0.168 e. The van der Waals surface area contributed by atoms with E-state index >= 15 is 0 Å². The number of nitrogens with two attached hydrogens (primary N) is 1. The number of hydrazone groups is 1. The lowest BCUT2D eigenvalue weighted by Gasteiger charge is -2.28. The molecule has 0 fully saturated rings. The van der Waals surface area contributed by atoms with Crippen molar-refractivity contribution >= 4 is 12.0 Å². The Morgan fingerprint density at radius 1 is 1.54 bits per heavy atom. The van der Waals surface area contributed by atoms with Gasteiger partial charge in [0.05, 0.1) is 11.8 Å². The SMILES string of the molecule is CC1(C)CC(=O)C(/C=N/N)=C(O)C1. The minimum Gasteiger partial charge on any atom is -0.511 e. The lowest BCUT2D eigenvalue weighted by atomic mass is 9.77. The summed E-state index contributed by atoms with van der Waals surface area (Å²) in [5, 5.41) is 12.8. The van der Waals surface area contributed by atoms with E-state index in [4.69, 9.17) is 5.84 Å². The van der Waals surface area contributed by atoms with Gasteiger partial charge >= 0.3 is 0 Å². The maximum Gasteiger partial charge on any atom is 0.168 e. The van der Waals surface area contributed by atoms with Gasteiger partial charge in [0, 0.05) is 12.8 Å². The Bertz CT molecular complexity index is 290. The van der Waals surface area contributed by atoms with Gasteiger partial charge in [-0.25, -0.2) is 0 Å². The van der Waals surface area contributed by atoms with Crippen molar-refractivity contribution in [2.75, 3.05) is 0 Å². The van der Waals surface area contributed by atoms with Gasteiger partial charge in [0.25, 0.3) is 0 Å². The van der Waals surface area contributed by atoms with Crippen LogP contribution in [-0.2, 0) is 4.79 Å². The van der Waals surface area contributed by atoms with E-state index < -0.39 is 0 Å². The number of carbonyl (C=O) groups excluding carboxylic acids is 1. The van der Waals surface area contributed by atoms with Crippen LogP contribution in [0.5, 0.6) is 0 Å². The van der Waals surface area contributed by atoms with Crippen LogP contribution in [-0.4, -0.2) is 17.1 Å². The summed E-state index contributed by atoms with van der Waals surface area (Å²) >= 11 is 0. The molecular formula is C9H14N2O2. The van der Waals surface area contributed by atoms with Gasteiger partial charge in [-0.1, -0.05) is 13.8 Å². The minimum atomic E-state index is -0.160. The van der Waals surface area contributed by atoms with E-state index in [0.717, 1.165) is 0 Å². The van der Waals surface area contributed by atoms with Crippen molar-refractivity contribution in [1.82, 2.24) is 0 Å². The number of Topliss-reactive ketones (excluding diaryl/α,β-unsaturated/α-hetero) is 1. The first-order valence-electron chi connectivity index (χ1n) is 4.15. The molecule has 4 nitrogen and oxygen atoms in total. The highest BCUT2D eigenvalue weighted by Crippen LogP contribution is 2.34. The molecule has 72 valence electrons. The second kappa shape index (κ2) is 3.20. The van der Waals surface area contributed by atoms with E-state index in [9.17, 15) is 9.90 Å². The molecule has 0 spiro atoms. The maximum atomic E-state index is 11.4. The Kier molecular flexibility index (Phi) is 2.40. The molecule has 13 heavy (non-hydrogen) atoms. The molecular weight excluding hydrogens is 168 g/mol. The van der Waals surface area contributed by atoms with Crippen molar-refractivity contribution in [3.8, 4) is 0 Å². The molecule has 0 saturated heterocycles. The highest BCUT2D eigenvalue weighted by atomic mass is 16.3. The fraction of sp³-hybridized carbons (Fsp3) is 0.556. The topological polar surface area (TPSA) is 75.7 Å². The normalized spacial score (nSPS) is 22.8. The molecule has 0 aromatic rings. The van der Waals surface area contributed by atoms with Crippen molar-refractivity contribution in [2.24, 2.45) is 16.4 Å². The summed E-state index contributed by atoms with van der Waals surface area (Å²) in [6.07, 6.45) is 2.14. The molecule has 0 atom stereocenters. The van der Waals surface area contributed by atoms with Crippen LogP contribution in [0.1, 0.15) is 26.7 Å². The molecule has 0 unspecified atom stereocenters. The molecule has 3 N–H and O–H groups in total. The number of aliphatic hydroxyl groups is 1. The second-order valence-corrected chi connectivity index (χ2v) is 4.08. The Hall–Kier alpha value is -1.32. The van der Waals surface area contributed by atoms with E-state index in [1.54, 1.807) is 0 Å². The molecule has 1 aliphatic rings. The highest BCUT2D eigenvalue weighted by Gasteiger charge is 2.32. The van der Waals surface area contributed by atoms with Crippen molar-refractivity contribution in [3.63, 3.8) is 0 Å². The summed E-state index contributed by atoms with van der Waals surface area (Å²) in [6, 6.07) is 0. The van der Waals surface area contributed by atoms with Crippen LogP contribution < -0.4 is 5.84 Å². The number of rotatable bonds is 1. The summed E-state index contributed by atoms with van der Waals surface area (Å²) in [5.41, 5.74) is 0.0921. The summed E-state index contributed by atoms with van der Waals surface area (Å²) in [6.45, 7) is 3.88. The predicted molar refractivity (Wildman–Crippen MR) is 50.4 cm³/mol. The fourth-order valence-corrected chi connectivity index (χ4v) is 1.52. The van der Waals surface area contributed by atoms with Gasteiger partial charge in [-0.2, -0.15) is 5.10 Å². The van der Waals surface area contributed by atoms with E-state index in [1.807, 2.05) is 13.8 Å². The summed E-state index contributed by atoms with van der Waals surface area (Å²) in [5.74, 6) is 4.92. The van der Waals surface area contributed by atoms with Crippen molar-refractivity contribution in [1.29, 1.82) is 0 Å². The summed E-state index contributed by atoms with van der Waals surface area (Å²) in [7, 11) is 0. The van der Waals surface area contributed by atoms with Gasteiger partial charge in [-0.05, 0) is 5.41 Å². The lowest BCUT2D eigenvalue weighted by molar-refractivity contribution is -0.117. The van der Waals surface area contributed by atoms with Gasteiger partial charge in [0.1, 0.15) is 5.76 Å². The van der Waals surface area contributed by atoms with E-state index in [2.05, 4.69) is 5.10 Å². The number of hydrogen-bond acceptors (Lipinski definition) is 4. The van der Waals surface area contributed by atoms with Crippen molar-refractivity contribution in [2.45, 2.75) is 26.7 Å². The molecule has 0 radical (unpaired) electrons. The van der Waals surface area contributed by atoms with Crippen LogP contribution >= 0.6 is 0 Å². The van der Waals surface area contributed by atoms with Crippen molar-refractivity contribution < 1.29 is 9.90 Å². The molecule has 0 heterocycles. The monoisotopic (exact) mass is 182 g/mol. The molecule has 0 bridgehead atoms. The molecule has 0 aromatic heterocycles. The predicted octanol–water partition coefficient (Wildman–Crippen LogP) is 1.13. The van der Waals surface area contributed by atoms with Gasteiger partial charge in [0.15, 0.2) is 5.78 Å². The standard InChI is InChI=1S/C9H14N2O2/c1-9(2)3-7(12)6(5-11-10)8(13)4-9/h5,12H,3-4,10H2,1-2H3/b11-5+. The zero-order chi connectivity index (χ0) is 10.1. The Morgan fingerprint density at radius 2 is 2.15 bits per heavy atom. The quantitative estimate of drug-likeness (QED) is 0.362. The third kappa shape index (κ3) is 2.08. The van der Waals surface area contributed by atoms with Crippen LogP contribution in [0.15, 0.2) is 16.4 Å². The molecule has 0 amide bonds. The van der Waals surface area contributed by atoms with Crippen LogP contribution in [0.2, 0.25) is 0 Å². The Morgan fingerprint density at radius 3 is 2.62 bits per heavy atom. The Balaban J connectivity index is 3.01. The number of ketones is 1. The zero-order valence-corrected chi connectivity index (χ0v) is 7.87. The maximum absolute atomic E-state index is 11.4. The van der Waals surface area contributed by atoms with Gasteiger partial charge < -0.3 is 10.9 Å². The molecule has 0 aliphatic heterocycles. The minimum absolute atomic E-state index is 0.0930. The first-order valence-corrected chi connectivity index (χ1v) is 4.15. The number of aliphatic hydroxyl groups excluding tert-OH is 1. The van der Waals surface area contributed by atoms with Crippen molar-refractivity contribution in [3.05, 3.63) is 11.3 Å². The Labute approximate surface area is 77.1 Å². The number of carbonyl (C=O) groups is 1. The largest absolute Gasteiger partial charge is 0.511 e. The van der Waals surface area contributed by atoms with Crippen LogP contribution in [0, 0.1) is 5.41 Å². The average Bonchev–Trinajstić information content (AvgIpc) is 1.94. The van der Waals surface area contributed by atoms with Crippen LogP contribution in [0.25, 0.3) is 0 Å². The first kappa shape index (κ1) is 9.77. The van der Waals surface area contributed by atoms with E-state index in [1.165, 1.54) is 6.21 Å². The van der Waals surface area contributed by atoms with Crippen LogP contribution in [0.4, 0.5) is 0 Å². The highest BCUT2D eigenvalue weighted by molar-refractivity contribution is 6.14. The number of hydrogen-bond donors (Lipinski definition) is 2. The number of nitrogens with zero attached hydrogens (tertiary/aromatic N) is 1. The fourth-order valence-electron chi connectivity index (χ4n) is 1.52. The third-order valence-corrected chi connectivity index (χ3v) is 2.10. The first-order chi connectivity index (χ1) is 5.96. The van der Waals surface area contributed by atoms with Gasteiger partial charge in [0.2, 0.25) is 0 Å². The second-order valence-electron chi connectivity index (χ2n) is 4.08. The number of allylic oxidation sites excluding steroid dienone is 2. The van der Waals surface area contributed by atoms with Gasteiger partial charge in [-0.3, -0.25) is 4.79 Å². The molecule has 0 saturated carbocycles. The zero-order valence-electron chi connectivity index (χ0n) is 7.87. The molecule has 1 aliphatic carbocycles. The summed E-state index contributed by atoms with van der Waals surface area (Å²) in [4.78, 5) is 11.4. The van der Waals surface area contributed by atoms with E-state index in [-0.39, 0.29) is 22.5 Å². The van der Waals surface area contributed by atoms with Crippen LogP contribution in [0.3, 0.4) is 0 Å². The molecule has 4 heteroatoms. The van der Waals surface area contributed by atoms with E-state index in [0.29, 0.717) is 12.8 Å². The third-order valence-electron chi connectivity index (χ3n) is 2.10.